The lowest BCUT2D eigenvalue weighted by Gasteiger charge is -2.17. The third kappa shape index (κ3) is 6.40. The number of amides is 1. The molecular weight excluding hydrogens is 168 g/mol. The molecule has 1 amide bonds. The van der Waals surface area contributed by atoms with Gasteiger partial charge in [0.25, 0.3) is 0 Å². The first kappa shape index (κ1) is 12.2. The van der Waals surface area contributed by atoms with E-state index in [-0.39, 0.29) is 6.09 Å². The molecule has 0 saturated carbocycles. The minimum atomic E-state index is -0.348. The van der Waals surface area contributed by atoms with Crippen LogP contribution in [0.15, 0.2) is 0 Å². The summed E-state index contributed by atoms with van der Waals surface area (Å²) >= 11 is 0. The number of carbonyl (C=O) groups is 1. The van der Waals surface area contributed by atoms with Crippen LogP contribution in [0, 0.1) is 0 Å². The Labute approximate surface area is 80.2 Å². The number of carbonyl (C=O) groups excluding carboxylic acids is 1. The molecule has 13 heavy (non-hydrogen) atoms. The Bertz CT molecular complexity index is 136. The van der Waals surface area contributed by atoms with Gasteiger partial charge in [-0.3, -0.25) is 0 Å². The molecule has 0 fully saturated rings. The van der Waals surface area contributed by atoms with Gasteiger partial charge in [0.15, 0.2) is 0 Å². The number of nitrogens with one attached hydrogen (secondary N) is 1. The Morgan fingerprint density at radius 2 is 2.00 bits per heavy atom. The zero-order valence-corrected chi connectivity index (χ0v) is 8.80. The molecule has 0 spiro atoms. The summed E-state index contributed by atoms with van der Waals surface area (Å²) in [6.45, 7) is 7.85. The highest BCUT2D eigenvalue weighted by molar-refractivity contribution is 5.66. The molecule has 0 heterocycles. The predicted molar refractivity (Wildman–Crippen MR) is 52.8 cm³/mol. The van der Waals surface area contributed by atoms with Crippen LogP contribution in [0.2, 0.25) is 0 Å². The fraction of sp³-hybridized carbons (Fsp3) is 0.889. The highest BCUT2D eigenvalue weighted by Gasteiger charge is 2.00. The molecule has 0 saturated heterocycles. The summed E-state index contributed by atoms with van der Waals surface area (Å²) in [4.78, 5) is 12.9. The molecule has 0 rings (SSSR count). The van der Waals surface area contributed by atoms with Crippen molar-refractivity contribution in [2.24, 2.45) is 0 Å². The van der Waals surface area contributed by atoms with Crippen molar-refractivity contribution in [3.63, 3.8) is 0 Å². The van der Waals surface area contributed by atoms with E-state index in [4.69, 9.17) is 4.74 Å². The number of nitrogens with zero attached hydrogens (tertiary/aromatic N) is 1. The van der Waals surface area contributed by atoms with Crippen molar-refractivity contribution in [3.05, 3.63) is 0 Å². The van der Waals surface area contributed by atoms with Gasteiger partial charge in [-0.25, -0.2) is 4.79 Å². The number of hydrogen-bond donors (Lipinski definition) is 1. The van der Waals surface area contributed by atoms with Crippen LogP contribution in [0.25, 0.3) is 0 Å². The molecule has 0 bridgehead atoms. The molecule has 0 aromatic carbocycles. The zero-order valence-electron chi connectivity index (χ0n) is 8.80. The fourth-order valence-corrected chi connectivity index (χ4v) is 1.07. The lowest BCUT2D eigenvalue weighted by Crippen LogP contribution is -2.26. The highest BCUT2D eigenvalue weighted by Crippen LogP contribution is 1.91. The lowest BCUT2D eigenvalue weighted by atomic mass is 10.4. The Hall–Kier alpha value is -0.770. The smallest absolute Gasteiger partial charge is 0.406 e. The van der Waals surface area contributed by atoms with Gasteiger partial charge in [-0.1, -0.05) is 13.8 Å². The van der Waals surface area contributed by atoms with Crippen molar-refractivity contribution in [2.75, 3.05) is 33.3 Å². The summed E-state index contributed by atoms with van der Waals surface area (Å²) in [5.41, 5.74) is 0. The summed E-state index contributed by atoms with van der Waals surface area (Å²) in [6, 6.07) is 0. The van der Waals surface area contributed by atoms with Gasteiger partial charge in [-0.2, -0.15) is 0 Å². The summed E-state index contributed by atoms with van der Waals surface area (Å²) in [7, 11) is 1.56. The van der Waals surface area contributed by atoms with Crippen LogP contribution < -0.4 is 5.32 Å². The zero-order chi connectivity index (χ0) is 10.1. The van der Waals surface area contributed by atoms with Crippen molar-refractivity contribution >= 4 is 6.09 Å². The number of ether oxygens (including phenoxy) is 1. The van der Waals surface area contributed by atoms with Crippen LogP contribution in [0.3, 0.4) is 0 Å². The van der Waals surface area contributed by atoms with Gasteiger partial charge < -0.3 is 15.0 Å². The highest BCUT2D eigenvalue weighted by atomic mass is 16.5. The maximum Gasteiger partial charge on any atom is 0.406 e. The molecule has 0 atom stereocenters. The first-order chi connectivity index (χ1) is 6.24. The van der Waals surface area contributed by atoms with Crippen molar-refractivity contribution < 1.29 is 9.53 Å². The molecule has 0 radical (unpaired) electrons. The van der Waals surface area contributed by atoms with Crippen LogP contribution in [0.4, 0.5) is 4.79 Å². The van der Waals surface area contributed by atoms with E-state index in [0.29, 0.717) is 6.61 Å². The molecule has 0 aromatic heterocycles. The maximum atomic E-state index is 10.6. The molecule has 4 nitrogen and oxygen atoms in total. The molecular formula is C9H20N2O2. The SMILES string of the molecule is CCN(CC)CCCOC(=O)NC. The topological polar surface area (TPSA) is 41.6 Å². The maximum absolute atomic E-state index is 10.6. The Morgan fingerprint density at radius 1 is 1.38 bits per heavy atom. The van der Waals surface area contributed by atoms with Gasteiger partial charge in [-0.15, -0.1) is 0 Å². The minimum Gasteiger partial charge on any atom is -0.450 e. The molecule has 78 valence electrons. The van der Waals surface area contributed by atoms with Crippen LogP contribution in [0.5, 0.6) is 0 Å². The second kappa shape index (κ2) is 7.86. The molecule has 0 aliphatic rings. The van der Waals surface area contributed by atoms with E-state index in [0.717, 1.165) is 26.1 Å². The summed E-state index contributed by atoms with van der Waals surface area (Å²) in [5, 5.41) is 2.41. The molecule has 0 aromatic rings. The standard InChI is InChI=1S/C9H20N2O2/c1-4-11(5-2)7-6-8-13-9(12)10-3/h4-8H2,1-3H3,(H,10,12). The third-order valence-electron chi connectivity index (χ3n) is 1.95. The van der Waals surface area contributed by atoms with Crippen molar-refractivity contribution in [1.82, 2.24) is 10.2 Å². The van der Waals surface area contributed by atoms with E-state index < -0.39 is 0 Å². The first-order valence-corrected chi connectivity index (χ1v) is 4.81. The van der Waals surface area contributed by atoms with Crippen molar-refractivity contribution in [3.8, 4) is 0 Å². The first-order valence-electron chi connectivity index (χ1n) is 4.81. The molecule has 0 aliphatic carbocycles. The van der Waals surface area contributed by atoms with E-state index >= 15 is 0 Å². The molecule has 0 unspecified atom stereocenters. The average molecular weight is 188 g/mol. The van der Waals surface area contributed by atoms with Gasteiger partial charge in [0, 0.05) is 13.6 Å². The summed E-state index contributed by atoms with van der Waals surface area (Å²) in [6.07, 6.45) is 0.550. The van der Waals surface area contributed by atoms with E-state index in [2.05, 4.69) is 24.1 Å². The number of alkyl carbamates (subject to hydrolysis) is 1. The fourth-order valence-electron chi connectivity index (χ4n) is 1.07. The second-order valence-corrected chi connectivity index (χ2v) is 2.77. The van der Waals surface area contributed by atoms with E-state index in [9.17, 15) is 4.79 Å². The predicted octanol–water partition coefficient (Wildman–Crippen LogP) is 1.07. The van der Waals surface area contributed by atoms with Gasteiger partial charge >= 0.3 is 6.09 Å². The van der Waals surface area contributed by atoms with Crippen molar-refractivity contribution in [2.45, 2.75) is 20.3 Å². The Balaban J connectivity index is 3.28. The van der Waals surface area contributed by atoms with Crippen LogP contribution >= 0.6 is 0 Å². The minimum absolute atomic E-state index is 0.348. The lowest BCUT2D eigenvalue weighted by molar-refractivity contribution is 0.141. The van der Waals surface area contributed by atoms with Gasteiger partial charge in [0.2, 0.25) is 0 Å². The summed E-state index contributed by atoms with van der Waals surface area (Å²) in [5.74, 6) is 0. The van der Waals surface area contributed by atoms with Gasteiger partial charge in [0.1, 0.15) is 0 Å². The average Bonchev–Trinajstić information content (AvgIpc) is 2.18. The Morgan fingerprint density at radius 3 is 2.46 bits per heavy atom. The number of rotatable bonds is 6. The van der Waals surface area contributed by atoms with E-state index in [1.807, 2.05) is 0 Å². The quantitative estimate of drug-likeness (QED) is 0.634. The normalized spacial score (nSPS) is 10.2. The van der Waals surface area contributed by atoms with Crippen LogP contribution in [-0.4, -0.2) is 44.3 Å². The molecule has 1 N–H and O–H groups in total. The van der Waals surface area contributed by atoms with Crippen LogP contribution in [0.1, 0.15) is 20.3 Å². The monoisotopic (exact) mass is 188 g/mol. The number of hydrogen-bond acceptors (Lipinski definition) is 3. The van der Waals surface area contributed by atoms with Gasteiger partial charge in [-0.05, 0) is 19.5 Å². The van der Waals surface area contributed by atoms with E-state index in [1.165, 1.54) is 0 Å². The summed E-state index contributed by atoms with van der Waals surface area (Å²) < 4.78 is 4.85. The third-order valence-corrected chi connectivity index (χ3v) is 1.95. The van der Waals surface area contributed by atoms with Gasteiger partial charge in [0.05, 0.1) is 6.61 Å². The largest absolute Gasteiger partial charge is 0.450 e. The van der Waals surface area contributed by atoms with Crippen LogP contribution in [-0.2, 0) is 4.74 Å². The molecule has 0 aliphatic heterocycles. The Kier molecular flexibility index (Phi) is 7.39. The second-order valence-electron chi connectivity index (χ2n) is 2.77. The molecule has 4 heteroatoms. The van der Waals surface area contributed by atoms with Crippen molar-refractivity contribution in [1.29, 1.82) is 0 Å². The van der Waals surface area contributed by atoms with E-state index in [1.54, 1.807) is 7.05 Å².